The highest BCUT2D eigenvalue weighted by molar-refractivity contribution is 5.95. The van der Waals surface area contributed by atoms with Gasteiger partial charge in [-0.1, -0.05) is 5.21 Å². The molecule has 0 spiro atoms. The third-order valence-electron chi connectivity index (χ3n) is 4.07. The van der Waals surface area contributed by atoms with E-state index in [1.165, 1.54) is 0 Å². The Bertz CT molecular complexity index is 734. The van der Waals surface area contributed by atoms with Gasteiger partial charge in [0.05, 0.1) is 31.5 Å². The average molecular weight is 330 g/mol. The zero-order valence-corrected chi connectivity index (χ0v) is 13.0. The van der Waals surface area contributed by atoms with Crippen molar-refractivity contribution < 1.29 is 14.3 Å². The number of pyridine rings is 1. The number of hydrogen-bond acceptors (Lipinski definition) is 7. The van der Waals surface area contributed by atoms with Crippen molar-refractivity contribution in [2.24, 2.45) is 0 Å². The summed E-state index contributed by atoms with van der Waals surface area (Å²) in [4.78, 5) is 16.7. The maximum Gasteiger partial charge on any atom is 0.274 e. The average Bonchev–Trinajstić information content (AvgIpc) is 3.22. The van der Waals surface area contributed by atoms with Crippen LogP contribution in [0.3, 0.4) is 0 Å². The number of nitrogens with one attached hydrogen (secondary N) is 2. The van der Waals surface area contributed by atoms with Crippen LogP contribution < -0.4 is 15.4 Å². The lowest BCUT2D eigenvalue weighted by molar-refractivity contribution is 0.0339. The quantitative estimate of drug-likeness (QED) is 0.662. The van der Waals surface area contributed by atoms with Crippen LogP contribution >= 0.6 is 0 Å². The minimum atomic E-state index is -0.262. The number of ether oxygens (including phenoxy) is 2. The van der Waals surface area contributed by atoms with E-state index in [0.717, 1.165) is 5.69 Å². The molecule has 9 heteroatoms. The normalized spacial score (nSPS) is 24.2. The van der Waals surface area contributed by atoms with Gasteiger partial charge in [0.2, 0.25) is 0 Å². The molecule has 2 N–H and O–H groups in total. The Morgan fingerprint density at radius 1 is 1.33 bits per heavy atom. The van der Waals surface area contributed by atoms with Gasteiger partial charge < -0.3 is 20.1 Å². The number of carbonyl (C=O) groups is 1. The lowest BCUT2D eigenvalue weighted by atomic mass is 10.2. The van der Waals surface area contributed by atoms with Gasteiger partial charge in [0.25, 0.3) is 5.91 Å². The van der Waals surface area contributed by atoms with Gasteiger partial charge in [0.15, 0.2) is 11.4 Å². The zero-order chi connectivity index (χ0) is 16.4. The summed E-state index contributed by atoms with van der Waals surface area (Å²) in [5, 5.41) is 14.4. The molecule has 2 aromatic rings. The monoisotopic (exact) mass is 330 g/mol. The Kier molecular flexibility index (Phi) is 4.09. The van der Waals surface area contributed by atoms with Gasteiger partial charge in [-0.25, -0.2) is 9.67 Å². The van der Waals surface area contributed by atoms with E-state index in [1.807, 2.05) is 6.20 Å². The molecule has 2 aliphatic rings. The summed E-state index contributed by atoms with van der Waals surface area (Å²) < 4.78 is 13.3. The smallest absolute Gasteiger partial charge is 0.274 e. The molecule has 0 radical (unpaired) electrons. The number of fused-ring (bicyclic) bond motifs is 4. The van der Waals surface area contributed by atoms with Crippen LogP contribution in [0.15, 0.2) is 24.5 Å². The van der Waals surface area contributed by atoms with Crippen molar-refractivity contribution in [2.45, 2.75) is 25.3 Å². The first-order chi connectivity index (χ1) is 11.8. The Hall–Kier alpha value is -2.52. The van der Waals surface area contributed by atoms with Crippen molar-refractivity contribution in [1.29, 1.82) is 0 Å². The van der Waals surface area contributed by atoms with E-state index >= 15 is 0 Å². The molecule has 1 saturated heterocycles. The minimum absolute atomic E-state index is 0.130. The number of aromatic nitrogens is 4. The lowest BCUT2D eigenvalue weighted by Crippen LogP contribution is -2.44. The first kappa shape index (κ1) is 15.0. The fraction of sp³-hybridized carbons (Fsp3) is 0.467. The maximum atomic E-state index is 12.6. The molecular formula is C15H18N6O3. The maximum absolute atomic E-state index is 12.6. The van der Waals surface area contributed by atoms with E-state index in [2.05, 4.69) is 25.9 Å². The van der Waals surface area contributed by atoms with Crippen LogP contribution in [0.1, 0.15) is 16.2 Å². The molecule has 0 aromatic carbocycles. The van der Waals surface area contributed by atoms with Gasteiger partial charge in [-0.2, -0.15) is 0 Å². The second-order valence-electron chi connectivity index (χ2n) is 5.76. The summed E-state index contributed by atoms with van der Waals surface area (Å²) in [5.74, 6) is 0.192. The molecule has 126 valence electrons. The van der Waals surface area contributed by atoms with E-state index in [9.17, 15) is 4.79 Å². The highest BCUT2D eigenvalue weighted by atomic mass is 16.5. The molecule has 2 aliphatic heterocycles. The second-order valence-corrected chi connectivity index (χ2v) is 5.76. The fourth-order valence-corrected chi connectivity index (χ4v) is 2.84. The van der Waals surface area contributed by atoms with Crippen LogP contribution in [0.25, 0.3) is 0 Å². The Morgan fingerprint density at radius 3 is 3.25 bits per heavy atom. The van der Waals surface area contributed by atoms with Crippen molar-refractivity contribution in [3.05, 3.63) is 35.9 Å². The molecule has 1 amide bonds. The predicted octanol–water partition coefficient (Wildman–Crippen LogP) is -0.647. The highest BCUT2D eigenvalue weighted by Gasteiger charge is 2.30. The SMILES string of the molecule is O=C1N[C@H]2CNC[C@@H]2OCc2cn(nn2)CCOc2cccnc21. The van der Waals surface area contributed by atoms with Crippen molar-refractivity contribution in [3.63, 3.8) is 0 Å². The first-order valence-corrected chi connectivity index (χ1v) is 7.89. The van der Waals surface area contributed by atoms with E-state index < -0.39 is 0 Å². The van der Waals surface area contributed by atoms with Crippen LogP contribution in [-0.2, 0) is 17.9 Å². The summed E-state index contributed by atoms with van der Waals surface area (Å²) in [6.07, 6.45) is 3.29. The van der Waals surface area contributed by atoms with Gasteiger partial charge in [-0.05, 0) is 12.1 Å². The van der Waals surface area contributed by atoms with Crippen molar-refractivity contribution in [1.82, 2.24) is 30.6 Å². The van der Waals surface area contributed by atoms with E-state index in [4.69, 9.17) is 9.47 Å². The van der Waals surface area contributed by atoms with E-state index in [1.54, 1.807) is 23.0 Å². The van der Waals surface area contributed by atoms with Crippen molar-refractivity contribution in [3.8, 4) is 5.75 Å². The molecular weight excluding hydrogens is 312 g/mol. The van der Waals surface area contributed by atoms with Gasteiger partial charge in [-0.15, -0.1) is 5.10 Å². The fourth-order valence-electron chi connectivity index (χ4n) is 2.84. The third-order valence-corrected chi connectivity index (χ3v) is 4.07. The summed E-state index contributed by atoms with van der Waals surface area (Å²) >= 11 is 0. The Morgan fingerprint density at radius 2 is 2.29 bits per heavy atom. The molecule has 0 aliphatic carbocycles. The summed E-state index contributed by atoms with van der Waals surface area (Å²) in [7, 11) is 0. The first-order valence-electron chi connectivity index (χ1n) is 7.89. The van der Waals surface area contributed by atoms with Crippen molar-refractivity contribution in [2.75, 3.05) is 19.7 Å². The molecule has 2 aromatic heterocycles. The van der Waals surface area contributed by atoms with Crippen LogP contribution in [0.4, 0.5) is 0 Å². The third kappa shape index (κ3) is 3.08. The minimum Gasteiger partial charge on any atom is -0.489 e. The predicted molar refractivity (Wildman–Crippen MR) is 82.5 cm³/mol. The second kappa shape index (κ2) is 6.54. The summed E-state index contributed by atoms with van der Waals surface area (Å²) in [6, 6.07) is 3.35. The number of rotatable bonds is 0. The highest BCUT2D eigenvalue weighted by Crippen LogP contribution is 2.17. The number of hydrogen-bond donors (Lipinski definition) is 2. The Balaban J connectivity index is 1.62. The van der Waals surface area contributed by atoms with E-state index in [0.29, 0.717) is 38.6 Å². The molecule has 1 fully saturated rings. The molecule has 24 heavy (non-hydrogen) atoms. The number of amides is 1. The largest absolute Gasteiger partial charge is 0.489 e. The number of nitrogens with zero attached hydrogens (tertiary/aromatic N) is 4. The molecule has 0 saturated carbocycles. The topological polar surface area (TPSA) is 103 Å². The standard InChI is InChI=1S/C15H18N6O3/c22-15-14-12(2-1-3-17-14)23-5-4-21-8-10(19-20-21)9-24-13-7-16-6-11(13)18-15/h1-3,8,11,13,16H,4-7,9H2,(H,18,22)/t11-,13-/m0/s1. The molecule has 4 rings (SSSR count). The van der Waals surface area contributed by atoms with Crippen LogP contribution in [0, 0.1) is 0 Å². The number of carbonyl (C=O) groups excluding carboxylic acids is 1. The van der Waals surface area contributed by atoms with Gasteiger partial charge in [0, 0.05) is 19.3 Å². The van der Waals surface area contributed by atoms with Crippen LogP contribution in [-0.4, -0.2) is 57.7 Å². The molecule has 9 nitrogen and oxygen atoms in total. The molecule has 4 heterocycles. The molecule has 0 unspecified atom stereocenters. The van der Waals surface area contributed by atoms with E-state index in [-0.39, 0.29) is 23.7 Å². The summed E-state index contributed by atoms with van der Waals surface area (Å²) in [6.45, 7) is 2.56. The van der Waals surface area contributed by atoms with Crippen LogP contribution in [0.5, 0.6) is 5.75 Å². The summed E-state index contributed by atoms with van der Waals surface area (Å²) in [5.41, 5.74) is 1.03. The lowest BCUT2D eigenvalue weighted by Gasteiger charge is -2.20. The van der Waals surface area contributed by atoms with Crippen LogP contribution in [0.2, 0.25) is 0 Å². The zero-order valence-electron chi connectivity index (χ0n) is 13.0. The van der Waals surface area contributed by atoms with Gasteiger partial charge >= 0.3 is 0 Å². The van der Waals surface area contributed by atoms with Gasteiger partial charge in [0.1, 0.15) is 12.3 Å². The Labute approximate surface area is 138 Å². The van der Waals surface area contributed by atoms with Gasteiger partial charge in [-0.3, -0.25) is 4.79 Å². The molecule has 2 bridgehead atoms. The molecule has 2 atom stereocenters. The van der Waals surface area contributed by atoms with Crippen molar-refractivity contribution >= 4 is 5.91 Å².